The van der Waals surface area contributed by atoms with E-state index in [0.29, 0.717) is 18.7 Å². The SMILES string of the molecule is CC1Sc2cc(N)ccc2N(CCCC(N)=O)C1=O. The van der Waals surface area contributed by atoms with Crippen molar-refractivity contribution in [2.24, 2.45) is 5.73 Å². The van der Waals surface area contributed by atoms with E-state index >= 15 is 0 Å². The lowest BCUT2D eigenvalue weighted by molar-refractivity contribution is -0.119. The van der Waals surface area contributed by atoms with Gasteiger partial charge in [0, 0.05) is 23.5 Å². The molecule has 1 aromatic carbocycles. The van der Waals surface area contributed by atoms with E-state index in [4.69, 9.17) is 11.5 Å². The normalized spacial score (nSPS) is 18.3. The molecule has 1 unspecified atom stereocenters. The zero-order chi connectivity index (χ0) is 14.0. The highest BCUT2D eigenvalue weighted by atomic mass is 32.2. The molecule has 5 nitrogen and oxygen atoms in total. The molecule has 0 spiro atoms. The van der Waals surface area contributed by atoms with E-state index in [1.807, 2.05) is 19.1 Å². The molecule has 0 fully saturated rings. The summed E-state index contributed by atoms with van der Waals surface area (Å²) in [5.41, 5.74) is 12.4. The Hall–Kier alpha value is -1.69. The van der Waals surface area contributed by atoms with Crippen LogP contribution in [0.1, 0.15) is 19.8 Å². The minimum absolute atomic E-state index is 0.0618. The average molecular weight is 279 g/mol. The monoisotopic (exact) mass is 279 g/mol. The van der Waals surface area contributed by atoms with Crippen LogP contribution >= 0.6 is 11.8 Å². The quantitative estimate of drug-likeness (QED) is 0.814. The first-order chi connectivity index (χ1) is 8.99. The highest BCUT2D eigenvalue weighted by molar-refractivity contribution is 8.01. The second-order valence-corrected chi connectivity index (χ2v) is 5.93. The molecule has 19 heavy (non-hydrogen) atoms. The van der Waals surface area contributed by atoms with Crippen LogP contribution < -0.4 is 16.4 Å². The Kier molecular flexibility index (Phi) is 3.99. The van der Waals surface area contributed by atoms with E-state index in [2.05, 4.69) is 0 Å². The summed E-state index contributed by atoms with van der Waals surface area (Å²) < 4.78 is 0. The summed E-state index contributed by atoms with van der Waals surface area (Å²) in [6.45, 7) is 2.38. The molecule has 0 saturated heterocycles. The summed E-state index contributed by atoms with van der Waals surface area (Å²) in [7, 11) is 0. The maximum Gasteiger partial charge on any atom is 0.240 e. The minimum atomic E-state index is -0.343. The standard InChI is InChI=1S/C13H17N3O2S/c1-8-13(18)16(6-2-3-12(15)17)10-5-4-9(14)7-11(10)19-8/h4-5,7-8H,2-3,6,14H2,1H3,(H2,15,17). The van der Waals surface area contributed by atoms with Crippen LogP contribution in [0.3, 0.4) is 0 Å². The molecule has 1 aliphatic heterocycles. The molecular formula is C13H17N3O2S. The number of hydrogen-bond acceptors (Lipinski definition) is 4. The number of benzene rings is 1. The van der Waals surface area contributed by atoms with Crippen LogP contribution in [0.4, 0.5) is 11.4 Å². The van der Waals surface area contributed by atoms with Crippen molar-refractivity contribution in [2.45, 2.75) is 29.9 Å². The number of fused-ring (bicyclic) bond motifs is 1. The number of nitrogens with zero attached hydrogens (tertiary/aromatic N) is 1. The molecule has 2 rings (SSSR count). The van der Waals surface area contributed by atoms with Crippen molar-refractivity contribution < 1.29 is 9.59 Å². The first-order valence-electron chi connectivity index (χ1n) is 6.15. The van der Waals surface area contributed by atoms with Crippen LogP contribution in [0.15, 0.2) is 23.1 Å². The zero-order valence-corrected chi connectivity index (χ0v) is 11.6. The zero-order valence-electron chi connectivity index (χ0n) is 10.8. The van der Waals surface area contributed by atoms with Gasteiger partial charge < -0.3 is 16.4 Å². The van der Waals surface area contributed by atoms with Gasteiger partial charge in [0.05, 0.1) is 10.9 Å². The molecule has 0 saturated carbocycles. The van der Waals surface area contributed by atoms with Gasteiger partial charge in [-0.1, -0.05) is 0 Å². The van der Waals surface area contributed by atoms with Crippen LogP contribution in [0, 0.1) is 0 Å². The molecule has 1 heterocycles. The highest BCUT2D eigenvalue weighted by Crippen LogP contribution is 2.40. The highest BCUT2D eigenvalue weighted by Gasteiger charge is 2.30. The van der Waals surface area contributed by atoms with Crippen molar-refractivity contribution in [3.63, 3.8) is 0 Å². The van der Waals surface area contributed by atoms with Gasteiger partial charge in [0.15, 0.2) is 0 Å². The molecule has 0 aromatic heterocycles. The Balaban J connectivity index is 2.21. The van der Waals surface area contributed by atoms with Gasteiger partial charge in [-0.15, -0.1) is 11.8 Å². The molecule has 0 bridgehead atoms. The summed E-state index contributed by atoms with van der Waals surface area (Å²) in [5.74, 6) is -0.281. The predicted octanol–water partition coefficient (Wildman–Crippen LogP) is 1.36. The number of carbonyl (C=O) groups excluding carboxylic acids is 2. The maximum absolute atomic E-state index is 12.2. The van der Waals surface area contributed by atoms with Crippen LogP contribution in [-0.2, 0) is 9.59 Å². The van der Waals surface area contributed by atoms with Gasteiger partial charge in [0.25, 0.3) is 0 Å². The Morgan fingerprint density at radius 1 is 1.47 bits per heavy atom. The number of hydrogen-bond donors (Lipinski definition) is 2. The Labute approximate surface area is 116 Å². The van der Waals surface area contributed by atoms with Crippen molar-refractivity contribution in [3.05, 3.63) is 18.2 Å². The minimum Gasteiger partial charge on any atom is -0.399 e. The summed E-state index contributed by atoms with van der Waals surface area (Å²) in [6, 6.07) is 5.51. The number of thioether (sulfide) groups is 1. The van der Waals surface area contributed by atoms with Crippen molar-refractivity contribution in [1.82, 2.24) is 0 Å². The number of nitrogens with two attached hydrogens (primary N) is 2. The number of anilines is 2. The fourth-order valence-corrected chi connectivity index (χ4v) is 3.18. The van der Waals surface area contributed by atoms with Gasteiger partial charge in [-0.3, -0.25) is 9.59 Å². The third-order valence-electron chi connectivity index (χ3n) is 3.00. The van der Waals surface area contributed by atoms with Crippen molar-refractivity contribution in [2.75, 3.05) is 17.2 Å². The molecule has 102 valence electrons. The van der Waals surface area contributed by atoms with Crippen molar-refractivity contribution in [3.8, 4) is 0 Å². The van der Waals surface area contributed by atoms with Crippen LogP contribution in [0.2, 0.25) is 0 Å². The number of amides is 2. The average Bonchev–Trinajstić information content (AvgIpc) is 2.33. The summed E-state index contributed by atoms with van der Waals surface area (Å²) in [4.78, 5) is 25.7. The molecule has 4 N–H and O–H groups in total. The van der Waals surface area contributed by atoms with E-state index in [-0.39, 0.29) is 23.5 Å². The van der Waals surface area contributed by atoms with Crippen LogP contribution in [0.25, 0.3) is 0 Å². The van der Waals surface area contributed by atoms with E-state index < -0.39 is 0 Å². The van der Waals surface area contributed by atoms with Crippen LogP contribution in [0.5, 0.6) is 0 Å². The third-order valence-corrected chi connectivity index (χ3v) is 4.13. The number of carbonyl (C=O) groups is 2. The summed E-state index contributed by atoms with van der Waals surface area (Å²) in [5, 5.41) is -0.136. The lowest BCUT2D eigenvalue weighted by Crippen LogP contribution is -2.40. The Morgan fingerprint density at radius 3 is 2.89 bits per heavy atom. The molecule has 1 aliphatic rings. The Morgan fingerprint density at radius 2 is 2.21 bits per heavy atom. The second-order valence-electron chi connectivity index (χ2n) is 4.55. The smallest absolute Gasteiger partial charge is 0.240 e. The van der Waals surface area contributed by atoms with E-state index in [0.717, 1.165) is 10.6 Å². The van der Waals surface area contributed by atoms with Crippen LogP contribution in [-0.4, -0.2) is 23.6 Å². The number of nitrogen functional groups attached to an aromatic ring is 1. The second kappa shape index (κ2) is 5.52. The van der Waals surface area contributed by atoms with Crippen molar-refractivity contribution in [1.29, 1.82) is 0 Å². The van der Waals surface area contributed by atoms with Gasteiger partial charge in [0.1, 0.15) is 0 Å². The summed E-state index contributed by atoms with van der Waals surface area (Å²) >= 11 is 1.51. The lowest BCUT2D eigenvalue weighted by Gasteiger charge is -2.32. The molecule has 1 atom stereocenters. The number of primary amides is 1. The molecule has 0 radical (unpaired) electrons. The molecule has 0 aliphatic carbocycles. The van der Waals surface area contributed by atoms with E-state index in [9.17, 15) is 9.59 Å². The summed E-state index contributed by atoms with van der Waals surface area (Å²) in [6.07, 6.45) is 0.859. The van der Waals surface area contributed by atoms with Gasteiger partial charge in [-0.2, -0.15) is 0 Å². The first-order valence-corrected chi connectivity index (χ1v) is 7.03. The fraction of sp³-hybridized carbons (Fsp3) is 0.385. The third kappa shape index (κ3) is 3.01. The topological polar surface area (TPSA) is 89.4 Å². The number of rotatable bonds is 4. The molecular weight excluding hydrogens is 262 g/mol. The largest absolute Gasteiger partial charge is 0.399 e. The predicted molar refractivity (Wildman–Crippen MR) is 77.0 cm³/mol. The van der Waals surface area contributed by atoms with Gasteiger partial charge in [-0.05, 0) is 31.5 Å². The van der Waals surface area contributed by atoms with E-state index in [1.165, 1.54) is 11.8 Å². The Bertz CT molecular complexity index is 519. The lowest BCUT2D eigenvalue weighted by atomic mass is 10.2. The molecule has 2 amide bonds. The van der Waals surface area contributed by atoms with Gasteiger partial charge in [-0.25, -0.2) is 0 Å². The van der Waals surface area contributed by atoms with Crippen molar-refractivity contribution >= 4 is 35.0 Å². The molecule has 1 aromatic rings. The van der Waals surface area contributed by atoms with E-state index in [1.54, 1.807) is 11.0 Å². The maximum atomic E-state index is 12.2. The first kappa shape index (κ1) is 13.7. The van der Waals surface area contributed by atoms with Gasteiger partial charge in [0.2, 0.25) is 11.8 Å². The van der Waals surface area contributed by atoms with Gasteiger partial charge >= 0.3 is 0 Å². The fourth-order valence-electron chi connectivity index (χ4n) is 2.07. The molecule has 6 heteroatoms.